The monoisotopic (exact) mass is 197 g/mol. The summed E-state index contributed by atoms with van der Waals surface area (Å²) in [6.45, 7) is 1.70. The number of halogens is 2. The van der Waals surface area contributed by atoms with Crippen LogP contribution in [0.15, 0.2) is 5.10 Å². The van der Waals surface area contributed by atoms with E-state index in [1.807, 2.05) is 5.43 Å². The molecule has 0 heterocycles. The molecule has 0 bridgehead atoms. The summed E-state index contributed by atoms with van der Waals surface area (Å²) in [6.07, 6.45) is 0. The molecule has 0 fully saturated rings. The van der Waals surface area contributed by atoms with E-state index in [4.69, 9.17) is 28.9 Å². The van der Waals surface area contributed by atoms with E-state index >= 15 is 0 Å². The van der Waals surface area contributed by atoms with E-state index in [0.29, 0.717) is 5.71 Å². The normalized spacial score (nSPS) is 14.3. The molecule has 0 saturated carbocycles. The fourth-order valence-corrected chi connectivity index (χ4v) is 0.848. The number of hydrogen-bond donors (Lipinski definition) is 2. The maximum absolute atomic E-state index is 10.2. The minimum atomic E-state index is -0.732. The molecule has 0 aliphatic rings. The number of nitrogens with zero attached hydrogens (tertiary/aromatic N) is 1. The van der Waals surface area contributed by atoms with Crippen LogP contribution >= 0.6 is 23.2 Å². The zero-order valence-electron chi connectivity index (χ0n) is 5.97. The first kappa shape index (κ1) is 10.5. The van der Waals surface area contributed by atoms with Gasteiger partial charge in [-0.2, -0.15) is 5.10 Å². The van der Waals surface area contributed by atoms with Crippen molar-refractivity contribution in [1.29, 1.82) is 0 Å². The van der Waals surface area contributed by atoms with E-state index in [1.54, 1.807) is 6.92 Å². The van der Waals surface area contributed by atoms with Gasteiger partial charge in [0.05, 0.1) is 17.0 Å². The first-order valence-electron chi connectivity index (χ1n) is 2.90. The van der Waals surface area contributed by atoms with Crippen molar-refractivity contribution in [2.24, 2.45) is 10.8 Å². The molecule has 0 aromatic heterocycles. The summed E-state index contributed by atoms with van der Waals surface area (Å²) < 4.78 is 0. The number of carbonyl (C=O) groups is 1. The zero-order valence-corrected chi connectivity index (χ0v) is 7.49. The van der Waals surface area contributed by atoms with Crippen LogP contribution in [0.2, 0.25) is 0 Å². The van der Waals surface area contributed by atoms with Crippen molar-refractivity contribution >= 4 is 34.9 Å². The lowest BCUT2D eigenvalue weighted by molar-refractivity contribution is 0.249. The molecule has 64 valence electrons. The molecule has 1 atom stereocenters. The van der Waals surface area contributed by atoms with Crippen LogP contribution in [0.5, 0.6) is 0 Å². The highest BCUT2D eigenvalue weighted by molar-refractivity contribution is 6.39. The molecule has 0 saturated heterocycles. The van der Waals surface area contributed by atoms with Gasteiger partial charge in [0.2, 0.25) is 0 Å². The van der Waals surface area contributed by atoms with Gasteiger partial charge >= 0.3 is 6.03 Å². The average Bonchev–Trinajstić information content (AvgIpc) is 1.87. The first-order valence-corrected chi connectivity index (χ1v) is 3.87. The van der Waals surface area contributed by atoms with Crippen LogP contribution in [0.1, 0.15) is 6.92 Å². The molecular formula is C5H9Cl2N3O. The molecule has 0 aromatic rings. The highest BCUT2D eigenvalue weighted by Gasteiger charge is 2.05. The molecule has 1 unspecified atom stereocenters. The third-order valence-electron chi connectivity index (χ3n) is 0.906. The maximum Gasteiger partial charge on any atom is 0.332 e. The third-order valence-corrected chi connectivity index (χ3v) is 1.43. The number of urea groups is 1. The number of nitrogens with two attached hydrogens (primary N) is 1. The molecule has 0 aliphatic carbocycles. The predicted molar refractivity (Wildman–Crippen MR) is 46.2 cm³/mol. The smallest absolute Gasteiger partial charge is 0.332 e. The van der Waals surface area contributed by atoms with Gasteiger partial charge in [0.25, 0.3) is 0 Å². The molecule has 0 spiro atoms. The Labute approximate surface area is 74.7 Å². The van der Waals surface area contributed by atoms with Gasteiger partial charge in [-0.05, 0) is 6.92 Å². The van der Waals surface area contributed by atoms with Crippen molar-refractivity contribution < 1.29 is 4.79 Å². The van der Waals surface area contributed by atoms with Gasteiger partial charge in [-0.25, -0.2) is 10.2 Å². The molecule has 2 amide bonds. The summed E-state index contributed by atoms with van der Waals surface area (Å²) >= 11 is 11.1. The van der Waals surface area contributed by atoms with Gasteiger partial charge in [-0.1, -0.05) is 0 Å². The highest BCUT2D eigenvalue weighted by Crippen LogP contribution is 1.98. The number of primary amides is 1. The number of hydrogen-bond acceptors (Lipinski definition) is 2. The van der Waals surface area contributed by atoms with Gasteiger partial charge in [0.1, 0.15) is 0 Å². The topological polar surface area (TPSA) is 67.5 Å². The Kier molecular flexibility index (Phi) is 4.98. The Morgan fingerprint density at radius 2 is 2.36 bits per heavy atom. The molecule has 4 nitrogen and oxygen atoms in total. The number of alkyl halides is 2. The molecule has 0 aromatic carbocycles. The van der Waals surface area contributed by atoms with Crippen molar-refractivity contribution in [3.63, 3.8) is 0 Å². The maximum atomic E-state index is 10.2. The number of nitrogens with one attached hydrogen (secondary N) is 1. The van der Waals surface area contributed by atoms with Crippen LogP contribution in [0.3, 0.4) is 0 Å². The lowest BCUT2D eigenvalue weighted by atomic mass is 10.3. The third kappa shape index (κ3) is 4.86. The van der Waals surface area contributed by atoms with Crippen molar-refractivity contribution in [3.8, 4) is 0 Å². The lowest BCUT2D eigenvalue weighted by Gasteiger charge is -2.02. The van der Waals surface area contributed by atoms with E-state index in [-0.39, 0.29) is 11.3 Å². The molecule has 6 heteroatoms. The van der Waals surface area contributed by atoms with Crippen LogP contribution in [0.4, 0.5) is 4.79 Å². The first-order chi connectivity index (χ1) is 5.07. The van der Waals surface area contributed by atoms with E-state index in [2.05, 4.69) is 5.10 Å². The van der Waals surface area contributed by atoms with Crippen LogP contribution in [0.25, 0.3) is 0 Å². The summed E-state index contributed by atoms with van der Waals surface area (Å²) in [5, 5.41) is 3.26. The molecule has 0 radical (unpaired) electrons. The van der Waals surface area contributed by atoms with Crippen LogP contribution < -0.4 is 11.2 Å². The summed E-state index contributed by atoms with van der Waals surface area (Å²) in [5.74, 6) is 0.172. The Hall–Kier alpha value is -0.480. The molecule has 3 N–H and O–H groups in total. The van der Waals surface area contributed by atoms with E-state index in [1.165, 1.54) is 0 Å². The second-order valence-electron chi connectivity index (χ2n) is 1.83. The molecule has 0 rings (SSSR count). The van der Waals surface area contributed by atoms with Crippen molar-refractivity contribution in [1.82, 2.24) is 5.43 Å². The number of amides is 2. The zero-order chi connectivity index (χ0) is 8.85. The summed E-state index contributed by atoms with van der Waals surface area (Å²) in [4.78, 5) is 10.2. The number of rotatable bonds is 3. The van der Waals surface area contributed by atoms with Crippen LogP contribution in [0, 0.1) is 0 Å². The predicted octanol–water partition coefficient (Wildman–Crippen LogP) is 0.877. The second-order valence-corrected chi connectivity index (χ2v) is 2.75. The van der Waals surface area contributed by atoms with Gasteiger partial charge in [-0.15, -0.1) is 23.2 Å². The summed E-state index contributed by atoms with van der Waals surface area (Å²) in [5.41, 5.74) is 7.27. The molecular weight excluding hydrogens is 189 g/mol. The standard InChI is InChI=1S/C5H9Cl2N3O/c1-3(7)4(2-6)9-10-5(8)11/h3H,2H2,1H3,(H3,8,10,11)/b9-4+. The van der Waals surface area contributed by atoms with Crippen LogP contribution in [-0.4, -0.2) is 23.0 Å². The van der Waals surface area contributed by atoms with Gasteiger partial charge in [-0.3, -0.25) is 0 Å². The molecule has 11 heavy (non-hydrogen) atoms. The fourth-order valence-electron chi connectivity index (χ4n) is 0.352. The second kappa shape index (κ2) is 5.21. The van der Waals surface area contributed by atoms with Crippen LogP contribution in [-0.2, 0) is 0 Å². The Morgan fingerprint density at radius 3 is 2.64 bits per heavy atom. The number of hydrazone groups is 1. The van der Waals surface area contributed by atoms with Gasteiger partial charge in [0.15, 0.2) is 0 Å². The summed E-state index contributed by atoms with van der Waals surface area (Å²) in [7, 11) is 0. The van der Waals surface area contributed by atoms with E-state index in [9.17, 15) is 4.79 Å². The van der Waals surface area contributed by atoms with Crippen molar-refractivity contribution in [2.45, 2.75) is 12.3 Å². The number of carbonyl (C=O) groups excluding carboxylic acids is 1. The highest BCUT2D eigenvalue weighted by atomic mass is 35.5. The average molecular weight is 198 g/mol. The van der Waals surface area contributed by atoms with E-state index < -0.39 is 6.03 Å². The Bertz CT molecular complexity index is 169. The minimum absolute atomic E-state index is 0.172. The lowest BCUT2D eigenvalue weighted by Crippen LogP contribution is -2.27. The van der Waals surface area contributed by atoms with Gasteiger partial charge < -0.3 is 5.73 Å². The summed E-state index contributed by atoms with van der Waals surface area (Å²) in [6, 6.07) is -0.732. The fraction of sp³-hybridized carbons (Fsp3) is 0.600. The quantitative estimate of drug-likeness (QED) is 0.394. The Morgan fingerprint density at radius 1 is 1.82 bits per heavy atom. The van der Waals surface area contributed by atoms with Crippen molar-refractivity contribution in [3.05, 3.63) is 0 Å². The van der Waals surface area contributed by atoms with Crippen molar-refractivity contribution in [2.75, 3.05) is 5.88 Å². The largest absolute Gasteiger partial charge is 0.350 e. The van der Waals surface area contributed by atoms with E-state index in [0.717, 1.165) is 0 Å². The molecule has 0 aliphatic heterocycles. The SMILES string of the molecule is CC(Cl)/C(CCl)=N/NC(N)=O. The Balaban J connectivity index is 4.01. The minimum Gasteiger partial charge on any atom is -0.350 e. The van der Waals surface area contributed by atoms with Gasteiger partial charge in [0, 0.05) is 0 Å².